The number of nitrogens with zero attached hydrogens (tertiary/aromatic N) is 4. The zero-order valence-electron chi connectivity index (χ0n) is 33.2. The Labute approximate surface area is 366 Å². The summed E-state index contributed by atoms with van der Waals surface area (Å²) in [5.74, 6) is -0.150. The van der Waals surface area contributed by atoms with Crippen molar-refractivity contribution in [3.05, 3.63) is 125 Å². The van der Waals surface area contributed by atoms with Gasteiger partial charge in [-0.3, -0.25) is 14.5 Å². The minimum Gasteiger partial charge on any atom is -0.380 e. The lowest BCUT2D eigenvalue weighted by atomic mass is 9.93. The number of anilines is 2. The molecule has 1 atom stereocenters. The highest BCUT2D eigenvalue weighted by molar-refractivity contribution is 7.99. The summed E-state index contributed by atoms with van der Waals surface area (Å²) in [6.45, 7) is 2.06. The van der Waals surface area contributed by atoms with Gasteiger partial charge >= 0.3 is 5.51 Å². The van der Waals surface area contributed by atoms with Crippen LogP contribution in [0.3, 0.4) is 0 Å². The second-order valence-corrected chi connectivity index (χ2v) is 20.3. The lowest BCUT2D eigenvalue weighted by Gasteiger charge is -2.46. The second-order valence-electron chi connectivity index (χ2n) is 15.1. The molecule has 20 heteroatoms. The summed E-state index contributed by atoms with van der Waals surface area (Å²) >= 11 is 7.48. The first-order valence-corrected chi connectivity index (χ1v) is 24.0. The first-order valence-electron chi connectivity index (χ1n) is 19.7. The van der Waals surface area contributed by atoms with E-state index < -0.39 is 52.6 Å². The molecule has 62 heavy (non-hydrogen) atoms. The maximum absolute atomic E-state index is 14.4. The van der Waals surface area contributed by atoms with Crippen LogP contribution >= 0.6 is 23.4 Å². The molecule has 3 heterocycles. The molecule has 0 unspecified atom stereocenters. The van der Waals surface area contributed by atoms with E-state index in [1.165, 1.54) is 23.9 Å². The second kappa shape index (κ2) is 18.8. The molecular formula is C42H44ClF4N7O5S3. The fourth-order valence-corrected chi connectivity index (χ4v) is 10.9. The number of nitrogens with one attached hydrogen (secondary N) is 2. The number of sulfonamides is 1. The van der Waals surface area contributed by atoms with Crippen molar-refractivity contribution in [3.8, 4) is 11.1 Å². The van der Waals surface area contributed by atoms with E-state index in [1.807, 2.05) is 47.4 Å². The molecule has 5 aromatic rings. The highest BCUT2D eigenvalue weighted by atomic mass is 35.5. The van der Waals surface area contributed by atoms with E-state index in [9.17, 15) is 39.5 Å². The number of hydrogen-bond donors (Lipinski definition) is 4. The molecule has 12 nitrogen and oxygen atoms in total. The summed E-state index contributed by atoms with van der Waals surface area (Å²) in [5, 5.41) is 15.3. The molecule has 1 aromatic heterocycles. The van der Waals surface area contributed by atoms with Gasteiger partial charge in [-0.15, -0.1) is 11.8 Å². The highest BCUT2D eigenvalue weighted by Gasteiger charge is 2.48. The van der Waals surface area contributed by atoms with Crippen LogP contribution in [0.5, 0.6) is 0 Å². The van der Waals surface area contributed by atoms with Crippen molar-refractivity contribution >= 4 is 54.7 Å². The zero-order valence-corrected chi connectivity index (χ0v) is 36.4. The lowest BCUT2D eigenvalue weighted by molar-refractivity contribution is -0.150. The van der Waals surface area contributed by atoms with Crippen LogP contribution in [0.4, 0.5) is 29.1 Å². The molecule has 1 saturated heterocycles. The van der Waals surface area contributed by atoms with Gasteiger partial charge in [0.1, 0.15) is 28.6 Å². The van der Waals surface area contributed by atoms with Crippen molar-refractivity contribution in [1.82, 2.24) is 19.8 Å². The van der Waals surface area contributed by atoms with Crippen LogP contribution in [-0.4, -0.2) is 90.9 Å². The van der Waals surface area contributed by atoms with E-state index in [0.717, 1.165) is 40.0 Å². The lowest BCUT2D eigenvalue weighted by Crippen LogP contribution is -2.56. The van der Waals surface area contributed by atoms with Crippen molar-refractivity contribution < 1.29 is 39.5 Å². The highest BCUT2D eigenvalue weighted by Crippen LogP contribution is 2.38. The van der Waals surface area contributed by atoms with Gasteiger partial charge in [-0.25, -0.2) is 31.2 Å². The summed E-state index contributed by atoms with van der Waals surface area (Å²) in [5.41, 5.74) is 1.84. The normalized spacial score (nSPS) is 16.7. The van der Waals surface area contributed by atoms with E-state index >= 15 is 0 Å². The van der Waals surface area contributed by atoms with E-state index in [2.05, 4.69) is 24.9 Å². The number of piperidine rings is 1. The van der Waals surface area contributed by atoms with Crippen molar-refractivity contribution in [1.29, 1.82) is 0 Å². The minimum absolute atomic E-state index is 0.119. The molecule has 2 aliphatic heterocycles. The van der Waals surface area contributed by atoms with Crippen LogP contribution in [0.15, 0.2) is 112 Å². The first-order chi connectivity index (χ1) is 29.5. The first kappa shape index (κ1) is 45.7. The Hall–Kier alpha value is -4.34. The standard InChI is InChI=1S/C42H44ClF4N7O5S3/c43-30-8-6-28(7-9-30)35-12-10-31(44)22-29(35)24-53-20-16-41(55,17-21-53)54-19-15-36-38(25-54)49-27-50-40(36)52-62(58,59)34-11-13-37(39(23-34)61(56,57)42(45,46)47)51-32(14-18-48)26-60-33-4-2-1-3-5-33/h1-13,22-23,27,32,51,55H,14-21,24-26,48H2,(H,49,50,52)/t32-/m1/s1. The fraction of sp³-hybridized carbons (Fsp3) is 0.333. The molecular weight excluding hydrogens is 890 g/mol. The van der Waals surface area contributed by atoms with Gasteiger partial charge in [0.25, 0.3) is 19.9 Å². The molecule has 2 aliphatic rings. The summed E-state index contributed by atoms with van der Waals surface area (Å²) < 4.78 is 112. The third-order valence-corrected chi connectivity index (χ3v) is 15.3. The number of fused-ring (bicyclic) bond motifs is 1. The van der Waals surface area contributed by atoms with Crippen molar-refractivity contribution in [2.45, 2.75) is 70.7 Å². The van der Waals surface area contributed by atoms with Crippen LogP contribution in [0, 0.1) is 5.82 Å². The number of rotatable bonds is 15. The fourth-order valence-electron chi connectivity index (χ4n) is 7.68. The van der Waals surface area contributed by atoms with Gasteiger partial charge in [-0.2, -0.15) is 13.2 Å². The number of aromatic nitrogens is 2. The average Bonchev–Trinajstić information content (AvgIpc) is 3.24. The molecule has 0 spiro atoms. The van der Waals surface area contributed by atoms with Gasteiger partial charge in [0.15, 0.2) is 0 Å². The maximum Gasteiger partial charge on any atom is 0.501 e. The topological polar surface area (TPSA) is 171 Å². The van der Waals surface area contributed by atoms with Crippen LogP contribution in [0.2, 0.25) is 5.02 Å². The molecule has 0 saturated carbocycles. The van der Waals surface area contributed by atoms with E-state index in [-0.39, 0.29) is 37.6 Å². The van der Waals surface area contributed by atoms with E-state index in [0.29, 0.717) is 67.1 Å². The van der Waals surface area contributed by atoms with Gasteiger partial charge in [0.05, 0.1) is 16.3 Å². The van der Waals surface area contributed by atoms with Crippen molar-refractivity contribution in [3.63, 3.8) is 0 Å². The van der Waals surface area contributed by atoms with E-state index in [1.54, 1.807) is 18.2 Å². The molecule has 4 aromatic carbocycles. The molecule has 0 aliphatic carbocycles. The number of benzene rings is 4. The van der Waals surface area contributed by atoms with E-state index in [4.69, 9.17) is 17.3 Å². The SMILES string of the molecule is NCC[C@H](CSc1ccccc1)Nc1ccc(S(=O)(=O)Nc2ncnc3c2CCN(C2(O)CCN(Cc4cc(F)ccc4-c4ccc(Cl)cc4)CC2)C3)cc1S(=O)(=O)C(F)(F)F. The number of nitrogens with two attached hydrogens (primary N) is 1. The summed E-state index contributed by atoms with van der Waals surface area (Å²) in [7, 11) is -10.7. The van der Waals surface area contributed by atoms with Crippen molar-refractivity contribution in [2.24, 2.45) is 5.73 Å². The number of aliphatic hydroxyl groups is 1. The van der Waals surface area contributed by atoms with Gasteiger partial charge in [0, 0.05) is 72.8 Å². The summed E-state index contributed by atoms with van der Waals surface area (Å²) in [6.07, 6.45) is 2.37. The molecule has 5 N–H and O–H groups in total. The molecule has 0 radical (unpaired) electrons. The van der Waals surface area contributed by atoms with Gasteiger partial charge in [-0.1, -0.05) is 48.0 Å². The molecule has 7 rings (SSSR count). The number of thioether (sulfide) groups is 1. The third kappa shape index (κ3) is 10.4. The van der Waals surface area contributed by atoms with Gasteiger partial charge in [-0.05, 0) is 90.7 Å². The Balaban J connectivity index is 1.05. The summed E-state index contributed by atoms with van der Waals surface area (Å²) in [4.78, 5) is 11.4. The van der Waals surface area contributed by atoms with Crippen LogP contribution < -0.4 is 15.8 Å². The average molecular weight is 935 g/mol. The molecule has 0 amide bonds. The molecule has 0 bridgehead atoms. The minimum atomic E-state index is -6.03. The molecule has 1 fully saturated rings. The maximum atomic E-state index is 14.4. The predicted octanol–water partition coefficient (Wildman–Crippen LogP) is 7.29. The Morgan fingerprint density at radius 1 is 0.935 bits per heavy atom. The number of alkyl halides is 3. The zero-order chi connectivity index (χ0) is 44.3. The van der Waals surface area contributed by atoms with Gasteiger partial charge < -0.3 is 16.2 Å². The Kier molecular flexibility index (Phi) is 13.8. The van der Waals surface area contributed by atoms with Crippen molar-refractivity contribution in [2.75, 3.05) is 42.0 Å². The Morgan fingerprint density at radius 2 is 1.66 bits per heavy atom. The molecule has 330 valence electrons. The van der Waals surface area contributed by atoms with Gasteiger partial charge in [0.2, 0.25) is 0 Å². The summed E-state index contributed by atoms with van der Waals surface area (Å²) in [6, 6.07) is 23.1. The monoisotopic (exact) mass is 933 g/mol. The van der Waals surface area contributed by atoms with Crippen LogP contribution in [-0.2, 0) is 39.4 Å². The smallest absolute Gasteiger partial charge is 0.380 e. The quantitative estimate of drug-likeness (QED) is 0.0612. The third-order valence-electron chi connectivity index (χ3n) is 11.0. The Morgan fingerprint density at radius 3 is 2.35 bits per heavy atom. The Bertz CT molecular complexity index is 2600. The number of sulfone groups is 1. The predicted molar refractivity (Wildman–Crippen MR) is 231 cm³/mol. The van der Waals surface area contributed by atoms with Crippen LogP contribution in [0.1, 0.15) is 36.1 Å². The number of hydrogen-bond acceptors (Lipinski definition) is 12. The largest absolute Gasteiger partial charge is 0.501 e. The van der Waals surface area contributed by atoms with Crippen LogP contribution in [0.25, 0.3) is 11.1 Å². The number of likely N-dealkylation sites (tertiary alicyclic amines) is 1. The number of halogens is 5.